The highest BCUT2D eigenvalue weighted by atomic mass is 127. The average Bonchev–Trinajstić information content (AvgIpc) is 2.77. The SMILES string of the molecule is CCNC(=NCC(O)c1cc(OC)cc(OC)c1)NC1CCN(CCOC(C)C)CC1.I. The van der Waals surface area contributed by atoms with Crippen molar-refractivity contribution in [3.05, 3.63) is 23.8 Å². The molecule has 1 aromatic rings. The number of aliphatic imine (C=N–C) groups is 1. The van der Waals surface area contributed by atoms with Crippen molar-refractivity contribution in [3.63, 3.8) is 0 Å². The van der Waals surface area contributed by atoms with Crippen LogP contribution in [-0.4, -0.2) is 81.7 Å². The number of guanidine groups is 1. The van der Waals surface area contributed by atoms with Gasteiger partial charge in [0.15, 0.2) is 5.96 Å². The number of piperidine rings is 1. The predicted molar refractivity (Wildman–Crippen MR) is 140 cm³/mol. The topological polar surface area (TPSA) is 87.6 Å². The summed E-state index contributed by atoms with van der Waals surface area (Å²) in [5.74, 6) is 2.03. The van der Waals surface area contributed by atoms with E-state index in [0.29, 0.717) is 23.1 Å². The van der Waals surface area contributed by atoms with Gasteiger partial charge in [-0.25, -0.2) is 0 Å². The highest BCUT2D eigenvalue weighted by Crippen LogP contribution is 2.26. The van der Waals surface area contributed by atoms with Gasteiger partial charge in [-0.1, -0.05) is 0 Å². The number of methoxy groups -OCH3 is 2. The third-order valence-electron chi connectivity index (χ3n) is 5.31. The summed E-state index contributed by atoms with van der Waals surface area (Å²) in [6.07, 6.45) is 1.65. The first-order chi connectivity index (χ1) is 14.9. The zero-order valence-electron chi connectivity index (χ0n) is 20.1. The molecular formula is C23H41IN4O4. The summed E-state index contributed by atoms with van der Waals surface area (Å²) in [6.45, 7) is 11.0. The van der Waals surface area contributed by atoms with Crippen LogP contribution < -0.4 is 20.1 Å². The van der Waals surface area contributed by atoms with Crippen LogP contribution in [0.4, 0.5) is 0 Å². The number of aliphatic hydroxyl groups is 1. The van der Waals surface area contributed by atoms with Gasteiger partial charge in [-0.15, -0.1) is 24.0 Å². The number of hydrogen-bond acceptors (Lipinski definition) is 6. The van der Waals surface area contributed by atoms with Gasteiger partial charge in [-0.2, -0.15) is 0 Å². The van der Waals surface area contributed by atoms with Gasteiger partial charge >= 0.3 is 0 Å². The fraction of sp³-hybridized carbons (Fsp3) is 0.696. The molecule has 0 radical (unpaired) electrons. The van der Waals surface area contributed by atoms with E-state index in [-0.39, 0.29) is 36.6 Å². The Labute approximate surface area is 210 Å². The number of halogens is 1. The zero-order chi connectivity index (χ0) is 22.6. The summed E-state index contributed by atoms with van der Waals surface area (Å²) in [7, 11) is 3.19. The quantitative estimate of drug-likeness (QED) is 0.217. The Hall–Kier alpha value is -1.30. The number of ether oxygens (including phenoxy) is 3. The van der Waals surface area contributed by atoms with Gasteiger partial charge in [-0.3, -0.25) is 4.99 Å². The standard InChI is InChI=1S/C23H40N4O4.HI/c1-6-24-23(26-19-7-9-27(10-8-19)11-12-31-17(2)3)25-16-22(28)18-13-20(29-4)15-21(14-18)30-5;/h13-15,17,19,22,28H,6-12,16H2,1-5H3,(H2,24,25,26);1H. The van der Waals surface area contributed by atoms with Gasteiger partial charge in [0, 0.05) is 38.3 Å². The molecule has 1 aliphatic rings. The van der Waals surface area contributed by atoms with Crippen molar-refractivity contribution < 1.29 is 19.3 Å². The third-order valence-corrected chi connectivity index (χ3v) is 5.31. The molecule has 32 heavy (non-hydrogen) atoms. The van der Waals surface area contributed by atoms with E-state index in [1.807, 2.05) is 19.1 Å². The number of likely N-dealkylation sites (tertiary alicyclic amines) is 1. The molecule has 0 amide bonds. The summed E-state index contributed by atoms with van der Waals surface area (Å²) in [6, 6.07) is 5.77. The second-order valence-electron chi connectivity index (χ2n) is 8.06. The Morgan fingerprint density at radius 2 is 1.78 bits per heavy atom. The lowest BCUT2D eigenvalue weighted by atomic mass is 10.1. The zero-order valence-corrected chi connectivity index (χ0v) is 22.4. The van der Waals surface area contributed by atoms with E-state index in [2.05, 4.69) is 34.4 Å². The Bertz CT molecular complexity index is 660. The summed E-state index contributed by atoms with van der Waals surface area (Å²) in [4.78, 5) is 7.06. The van der Waals surface area contributed by atoms with Gasteiger partial charge in [0.2, 0.25) is 0 Å². The molecule has 1 heterocycles. The van der Waals surface area contributed by atoms with Crippen molar-refractivity contribution >= 4 is 29.9 Å². The number of nitrogens with one attached hydrogen (secondary N) is 2. The monoisotopic (exact) mass is 564 g/mol. The molecule has 0 saturated carbocycles. The Morgan fingerprint density at radius 3 is 2.31 bits per heavy atom. The molecule has 1 saturated heterocycles. The maximum Gasteiger partial charge on any atom is 0.191 e. The van der Waals surface area contributed by atoms with Crippen LogP contribution in [0, 0.1) is 0 Å². The second-order valence-corrected chi connectivity index (χ2v) is 8.06. The lowest BCUT2D eigenvalue weighted by Crippen LogP contribution is -2.49. The molecule has 1 aliphatic heterocycles. The maximum absolute atomic E-state index is 10.6. The first-order valence-electron chi connectivity index (χ1n) is 11.2. The van der Waals surface area contributed by atoms with Crippen LogP contribution in [0.2, 0.25) is 0 Å². The highest BCUT2D eigenvalue weighted by Gasteiger charge is 2.20. The summed E-state index contributed by atoms with van der Waals surface area (Å²) >= 11 is 0. The number of nitrogens with zero attached hydrogens (tertiary/aromatic N) is 2. The predicted octanol–water partition coefficient (Wildman–Crippen LogP) is 2.80. The maximum atomic E-state index is 10.6. The molecule has 0 aromatic heterocycles. The second kappa shape index (κ2) is 15.5. The van der Waals surface area contributed by atoms with Gasteiger partial charge < -0.3 is 34.9 Å². The van der Waals surface area contributed by atoms with Crippen molar-refractivity contribution in [3.8, 4) is 11.5 Å². The van der Waals surface area contributed by atoms with E-state index >= 15 is 0 Å². The lowest BCUT2D eigenvalue weighted by molar-refractivity contribution is 0.0532. The third kappa shape index (κ3) is 10.1. The van der Waals surface area contributed by atoms with Crippen molar-refractivity contribution in [1.82, 2.24) is 15.5 Å². The van der Waals surface area contributed by atoms with Crippen molar-refractivity contribution in [2.75, 3.05) is 53.6 Å². The van der Waals surface area contributed by atoms with Crippen LogP contribution in [0.3, 0.4) is 0 Å². The van der Waals surface area contributed by atoms with E-state index < -0.39 is 6.10 Å². The molecule has 0 bridgehead atoms. The highest BCUT2D eigenvalue weighted by molar-refractivity contribution is 14.0. The fourth-order valence-electron chi connectivity index (χ4n) is 3.54. The van der Waals surface area contributed by atoms with Crippen LogP contribution >= 0.6 is 24.0 Å². The molecule has 2 rings (SSSR count). The minimum atomic E-state index is -0.748. The van der Waals surface area contributed by atoms with Crippen LogP contribution in [0.5, 0.6) is 11.5 Å². The lowest BCUT2D eigenvalue weighted by Gasteiger charge is -2.33. The number of rotatable bonds is 11. The largest absolute Gasteiger partial charge is 0.497 e. The Kier molecular flexibility index (Phi) is 13.9. The molecule has 9 heteroatoms. The minimum absolute atomic E-state index is 0. The van der Waals surface area contributed by atoms with Gasteiger partial charge in [0.05, 0.1) is 39.6 Å². The van der Waals surface area contributed by atoms with E-state index in [9.17, 15) is 5.11 Å². The van der Waals surface area contributed by atoms with Crippen LogP contribution in [-0.2, 0) is 4.74 Å². The van der Waals surface area contributed by atoms with Crippen LogP contribution in [0.15, 0.2) is 23.2 Å². The average molecular weight is 565 g/mol. The molecule has 1 unspecified atom stereocenters. The van der Waals surface area contributed by atoms with E-state index in [4.69, 9.17) is 14.2 Å². The Morgan fingerprint density at radius 1 is 1.16 bits per heavy atom. The van der Waals surface area contributed by atoms with Crippen molar-refractivity contribution in [1.29, 1.82) is 0 Å². The van der Waals surface area contributed by atoms with E-state index in [1.54, 1.807) is 20.3 Å². The minimum Gasteiger partial charge on any atom is -0.497 e. The summed E-state index contributed by atoms with van der Waals surface area (Å²) < 4.78 is 16.2. The molecule has 0 spiro atoms. The molecule has 0 aliphatic carbocycles. The number of aliphatic hydroxyl groups excluding tert-OH is 1. The van der Waals surface area contributed by atoms with Crippen molar-refractivity contribution in [2.45, 2.75) is 51.9 Å². The first kappa shape index (κ1) is 28.7. The van der Waals surface area contributed by atoms with E-state index in [1.165, 1.54) is 0 Å². The smallest absolute Gasteiger partial charge is 0.191 e. The molecule has 1 atom stereocenters. The fourth-order valence-corrected chi connectivity index (χ4v) is 3.54. The molecule has 3 N–H and O–H groups in total. The first-order valence-corrected chi connectivity index (χ1v) is 11.2. The van der Waals surface area contributed by atoms with Crippen molar-refractivity contribution in [2.24, 2.45) is 4.99 Å². The molecular weight excluding hydrogens is 523 g/mol. The normalized spacial score (nSPS) is 16.4. The van der Waals surface area contributed by atoms with Crippen LogP contribution in [0.25, 0.3) is 0 Å². The van der Waals surface area contributed by atoms with Crippen LogP contribution in [0.1, 0.15) is 45.3 Å². The Balaban J connectivity index is 0.00000512. The molecule has 8 nitrogen and oxygen atoms in total. The number of benzene rings is 1. The van der Waals surface area contributed by atoms with Gasteiger partial charge in [0.25, 0.3) is 0 Å². The van der Waals surface area contributed by atoms with Gasteiger partial charge in [0.1, 0.15) is 11.5 Å². The van der Waals surface area contributed by atoms with E-state index in [0.717, 1.165) is 51.6 Å². The molecule has 1 aromatic carbocycles. The number of hydrogen-bond donors (Lipinski definition) is 3. The summed E-state index contributed by atoms with van der Waals surface area (Å²) in [5, 5.41) is 17.5. The molecule has 184 valence electrons. The molecule has 1 fully saturated rings. The summed E-state index contributed by atoms with van der Waals surface area (Å²) in [5.41, 5.74) is 0.715. The van der Waals surface area contributed by atoms with Gasteiger partial charge in [-0.05, 0) is 51.3 Å².